The van der Waals surface area contributed by atoms with E-state index in [0.717, 1.165) is 34.6 Å². The van der Waals surface area contributed by atoms with E-state index in [1.807, 2.05) is 47.0 Å². The number of nitrogen functional groups attached to an aromatic ring is 1. The van der Waals surface area contributed by atoms with E-state index in [1.165, 1.54) is 23.4 Å². The molecule has 10 nitrogen and oxygen atoms in total. The number of hydrogen-bond acceptors (Lipinski definition) is 8. The minimum absolute atomic E-state index is 0.0794. The molecule has 35 heavy (non-hydrogen) atoms. The van der Waals surface area contributed by atoms with Crippen LogP contribution in [0.15, 0.2) is 67.9 Å². The van der Waals surface area contributed by atoms with Gasteiger partial charge in [-0.25, -0.2) is 4.79 Å². The topological polar surface area (TPSA) is 131 Å². The maximum atomic E-state index is 13.2. The minimum Gasteiger partial charge on any atom is -0.467 e. The number of thioether (sulfide) groups is 1. The van der Waals surface area contributed by atoms with Gasteiger partial charge in [0.1, 0.15) is 23.0 Å². The van der Waals surface area contributed by atoms with Gasteiger partial charge in [0.15, 0.2) is 10.9 Å². The Hall–Kier alpha value is -3.86. The number of rotatable bonds is 9. The first-order chi connectivity index (χ1) is 16.9. The maximum absolute atomic E-state index is 13.2. The molecule has 0 bridgehead atoms. The van der Waals surface area contributed by atoms with Crippen LogP contribution in [0.5, 0.6) is 0 Å². The molecule has 5 rings (SSSR count). The number of furan rings is 1. The fraction of sp³-hybridized carbons (Fsp3) is 0.292. The molecule has 3 heterocycles. The zero-order chi connectivity index (χ0) is 24.5. The Morgan fingerprint density at radius 1 is 1.09 bits per heavy atom. The summed E-state index contributed by atoms with van der Waals surface area (Å²) >= 11 is 1.18. The summed E-state index contributed by atoms with van der Waals surface area (Å²) in [5.74, 6) is 1.28. The lowest BCUT2D eigenvalue weighted by atomic mass is 10.2. The Morgan fingerprint density at radius 3 is 2.54 bits per heavy atom. The molecule has 180 valence electrons. The van der Waals surface area contributed by atoms with Gasteiger partial charge in [-0.1, -0.05) is 42.1 Å². The number of carbonyl (C=O) groups excluding carboxylic acids is 1. The van der Waals surface area contributed by atoms with Crippen LogP contribution in [-0.2, 0) is 20.1 Å². The van der Waals surface area contributed by atoms with E-state index < -0.39 is 17.0 Å². The van der Waals surface area contributed by atoms with Crippen LogP contribution < -0.4 is 17.0 Å². The Morgan fingerprint density at radius 2 is 1.86 bits per heavy atom. The van der Waals surface area contributed by atoms with Crippen molar-refractivity contribution in [2.75, 3.05) is 11.5 Å². The zero-order valence-electron chi connectivity index (χ0n) is 19.1. The lowest BCUT2D eigenvalue weighted by Gasteiger charge is -2.14. The standard InChI is InChI=1S/C24H24N6O4S/c1-28-22(32)19(20(25)29(24(28)33)12-15-6-3-2-4-7-15)18(31)14-35-23-27-26-21(16-9-10-16)30(23)13-17-8-5-11-34-17/h2-8,11,16H,9-10,12-14,25H2,1H3. The maximum Gasteiger partial charge on any atom is 0.332 e. The van der Waals surface area contributed by atoms with Crippen molar-refractivity contribution in [1.29, 1.82) is 0 Å². The summed E-state index contributed by atoms with van der Waals surface area (Å²) in [6.07, 6.45) is 3.71. The first-order valence-corrected chi connectivity index (χ1v) is 12.2. The molecule has 1 aliphatic carbocycles. The Bertz CT molecular complexity index is 1480. The molecule has 0 spiro atoms. The van der Waals surface area contributed by atoms with Crippen LogP contribution in [0, 0.1) is 0 Å². The lowest BCUT2D eigenvalue weighted by molar-refractivity contribution is 0.102. The SMILES string of the molecule is Cn1c(=O)c(C(=O)CSc2nnc(C3CC3)n2Cc2ccco2)c(N)n(Cc2ccccc2)c1=O. The molecule has 0 radical (unpaired) electrons. The summed E-state index contributed by atoms with van der Waals surface area (Å²) < 4.78 is 9.60. The van der Waals surface area contributed by atoms with Gasteiger partial charge in [0.05, 0.1) is 25.1 Å². The van der Waals surface area contributed by atoms with Crippen LogP contribution in [0.3, 0.4) is 0 Å². The predicted octanol–water partition coefficient (Wildman–Crippen LogP) is 2.26. The summed E-state index contributed by atoms with van der Waals surface area (Å²) in [6.45, 7) is 0.601. The first kappa shape index (κ1) is 22.9. The van der Waals surface area contributed by atoms with Crippen molar-refractivity contribution in [3.8, 4) is 0 Å². The van der Waals surface area contributed by atoms with Crippen molar-refractivity contribution in [2.45, 2.75) is 37.0 Å². The predicted molar refractivity (Wildman–Crippen MR) is 131 cm³/mol. The summed E-state index contributed by atoms with van der Waals surface area (Å²) in [6, 6.07) is 12.9. The third-order valence-electron chi connectivity index (χ3n) is 5.96. The molecule has 0 saturated heterocycles. The van der Waals surface area contributed by atoms with Gasteiger partial charge in [-0.3, -0.25) is 23.3 Å². The highest BCUT2D eigenvalue weighted by Gasteiger charge is 2.31. The molecule has 1 aromatic carbocycles. The van der Waals surface area contributed by atoms with Crippen molar-refractivity contribution in [1.82, 2.24) is 23.9 Å². The molecular weight excluding hydrogens is 468 g/mol. The lowest BCUT2D eigenvalue weighted by Crippen LogP contribution is -2.43. The average Bonchev–Trinajstić information content (AvgIpc) is 3.42. The third kappa shape index (κ3) is 4.59. The molecule has 4 aromatic rings. The molecule has 1 aliphatic rings. The number of carbonyl (C=O) groups is 1. The third-order valence-corrected chi connectivity index (χ3v) is 6.93. The van der Waals surface area contributed by atoms with Crippen LogP contribution in [0.1, 0.15) is 46.3 Å². The Balaban J connectivity index is 1.42. The van der Waals surface area contributed by atoms with E-state index in [4.69, 9.17) is 10.2 Å². The van der Waals surface area contributed by atoms with Crippen LogP contribution in [0.4, 0.5) is 5.82 Å². The second-order valence-corrected chi connectivity index (χ2v) is 9.41. The number of ketones is 1. The van der Waals surface area contributed by atoms with E-state index in [2.05, 4.69) is 10.2 Å². The molecule has 0 atom stereocenters. The van der Waals surface area contributed by atoms with Gasteiger partial charge in [0.2, 0.25) is 0 Å². The zero-order valence-corrected chi connectivity index (χ0v) is 19.9. The summed E-state index contributed by atoms with van der Waals surface area (Å²) in [4.78, 5) is 38.8. The smallest absolute Gasteiger partial charge is 0.332 e. The number of nitrogens with zero attached hydrogens (tertiary/aromatic N) is 5. The van der Waals surface area contributed by atoms with Crippen LogP contribution in [-0.4, -0.2) is 35.4 Å². The molecule has 0 amide bonds. The van der Waals surface area contributed by atoms with Gasteiger partial charge in [0.25, 0.3) is 5.56 Å². The van der Waals surface area contributed by atoms with E-state index >= 15 is 0 Å². The minimum atomic E-state index is -0.710. The van der Waals surface area contributed by atoms with Gasteiger partial charge in [0, 0.05) is 13.0 Å². The number of aromatic nitrogens is 5. The van der Waals surface area contributed by atoms with Crippen molar-refractivity contribution in [3.63, 3.8) is 0 Å². The Labute approximate surface area is 204 Å². The van der Waals surface area contributed by atoms with E-state index in [0.29, 0.717) is 17.6 Å². The Kier molecular flexibility index (Phi) is 6.16. The number of anilines is 1. The monoisotopic (exact) mass is 492 g/mol. The van der Waals surface area contributed by atoms with Crippen LogP contribution in [0.2, 0.25) is 0 Å². The normalized spacial score (nSPS) is 13.3. The second kappa shape index (κ2) is 9.41. The van der Waals surface area contributed by atoms with Crippen molar-refractivity contribution in [2.24, 2.45) is 7.05 Å². The van der Waals surface area contributed by atoms with Gasteiger partial charge in [-0.2, -0.15) is 0 Å². The molecule has 1 saturated carbocycles. The molecule has 11 heteroatoms. The number of Topliss-reactive ketones (excluding diaryl/α,β-unsaturated/α-hetero) is 1. The molecule has 2 N–H and O–H groups in total. The van der Waals surface area contributed by atoms with Gasteiger partial charge >= 0.3 is 5.69 Å². The van der Waals surface area contributed by atoms with Crippen LogP contribution in [0.25, 0.3) is 0 Å². The molecule has 0 unspecified atom stereocenters. The highest BCUT2D eigenvalue weighted by molar-refractivity contribution is 7.99. The fourth-order valence-corrected chi connectivity index (χ4v) is 4.74. The van der Waals surface area contributed by atoms with Crippen LogP contribution >= 0.6 is 11.8 Å². The van der Waals surface area contributed by atoms with Crippen molar-refractivity contribution >= 4 is 23.4 Å². The highest BCUT2D eigenvalue weighted by Crippen LogP contribution is 2.40. The highest BCUT2D eigenvalue weighted by atomic mass is 32.2. The average molecular weight is 493 g/mol. The number of hydrogen-bond donors (Lipinski definition) is 1. The second-order valence-electron chi connectivity index (χ2n) is 8.47. The number of nitrogens with two attached hydrogens (primary N) is 1. The van der Waals surface area contributed by atoms with E-state index in [9.17, 15) is 14.4 Å². The summed E-state index contributed by atoms with van der Waals surface area (Å²) in [7, 11) is 1.34. The summed E-state index contributed by atoms with van der Waals surface area (Å²) in [5.41, 5.74) is 5.56. The molecular formula is C24H24N6O4S. The van der Waals surface area contributed by atoms with Gasteiger partial charge in [-0.05, 0) is 30.5 Å². The van der Waals surface area contributed by atoms with Gasteiger partial charge < -0.3 is 10.2 Å². The van der Waals surface area contributed by atoms with E-state index in [-0.39, 0.29) is 23.7 Å². The quantitative estimate of drug-likeness (QED) is 0.278. The fourth-order valence-electron chi connectivity index (χ4n) is 3.92. The number of benzene rings is 1. The first-order valence-electron chi connectivity index (χ1n) is 11.2. The van der Waals surface area contributed by atoms with Crippen molar-refractivity contribution in [3.05, 3.63) is 92.3 Å². The van der Waals surface area contributed by atoms with E-state index in [1.54, 1.807) is 6.26 Å². The van der Waals surface area contributed by atoms with Crippen molar-refractivity contribution < 1.29 is 9.21 Å². The molecule has 0 aliphatic heterocycles. The molecule has 3 aromatic heterocycles. The van der Waals surface area contributed by atoms with Gasteiger partial charge in [-0.15, -0.1) is 10.2 Å². The largest absolute Gasteiger partial charge is 0.467 e. The summed E-state index contributed by atoms with van der Waals surface area (Å²) in [5, 5.41) is 9.18. The molecule has 1 fully saturated rings.